The van der Waals surface area contributed by atoms with E-state index in [0.29, 0.717) is 5.41 Å². The van der Waals surface area contributed by atoms with E-state index in [2.05, 4.69) is 35.6 Å². The zero-order valence-electron chi connectivity index (χ0n) is 7.79. The summed E-state index contributed by atoms with van der Waals surface area (Å²) in [6, 6.07) is 11.0. The average Bonchev–Trinajstić information content (AvgIpc) is 2.80. The molecule has 1 aliphatic heterocycles. The van der Waals surface area contributed by atoms with Gasteiger partial charge in [-0.2, -0.15) is 0 Å². The summed E-state index contributed by atoms with van der Waals surface area (Å²) < 4.78 is 0. The minimum absolute atomic E-state index is 0.654. The number of hydrogen-bond donors (Lipinski definition) is 1. The fourth-order valence-electron chi connectivity index (χ4n) is 2.65. The maximum atomic E-state index is 3.52. The molecule has 1 atom stereocenters. The van der Waals surface area contributed by atoms with E-state index in [1.807, 2.05) is 0 Å². The van der Waals surface area contributed by atoms with Crippen LogP contribution in [0.4, 0.5) is 0 Å². The molecule has 1 N–H and O–H groups in total. The average molecular weight is 173 g/mol. The molecule has 68 valence electrons. The lowest BCUT2D eigenvalue weighted by Crippen LogP contribution is -2.10. The summed E-state index contributed by atoms with van der Waals surface area (Å²) in [6.07, 6.45) is 2.86. The molecule has 1 saturated heterocycles. The molecular formula is C12H15N. The maximum absolute atomic E-state index is 3.52. The van der Waals surface area contributed by atoms with Gasteiger partial charge in [0.25, 0.3) is 0 Å². The molecule has 1 aliphatic carbocycles. The van der Waals surface area contributed by atoms with Crippen molar-refractivity contribution < 1.29 is 0 Å². The van der Waals surface area contributed by atoms with Gasteiger partial charge < -0.3 is 5.32 Å². The Bertz CT molecular complexity index is 300. The number of benzene rings is 1. The molecule has 2 aliphatic rings. The second-order valence-corrected chi connectivity index (χ2v) is 4.46. The fourth-order valence-corrected chi connectivity index (χ4v) is 2.65. The Balaban J connectivity index is 1.93. The lowest BCUT2D eigenvalue weighted by Gasteiger charge is -2.16. The summed E-state index contributed by atoms with van der Waals surface area (Å²) in [5.41, 5.74) is 2.19. The van der Waals surface area contributed by atoms with E-state index in [9.17, 15) is 0 Å². The van der Waals surface area contributed by atoms with Crippen molar-refractivity contribution in [1.82, 2.24) is 5.32 Å². The van der Waals surface area contributed by atoms with Gasteiger partial charge in [-0.05, 0) is 23.8 Å². The van der Waals surface area contributed by atoms with E-state index < -0.39 is 0 Å². The molecule has 1 nitrogen and oxygen atoms in total. The Morgan fingerprint density at radius 2 is 1.92 bits per heavy atom. The minimum atomic E-state index is 0.654. The molecular weight excluding hydrogens is 158 g/mol. The molecule has 0 radical (unpaired) electrons. The van der Waals surface area contributed by atoms with Gasteiger partial charge in [-0.15, -0.1) is 0 Å². The first-order chi connectivity index (χ1) is 6.41. The zero-order valence-corrected chi connectivity index (χ0v) is 7.79. The molecule has 0 unspecified atom stereocenters. The first-order valence-electron chi connectivity index (χ1n) is 5.16. The molecule has 1 heteroatoms. The van der Waals surface area contributed by atoms with Crippen LogP contribution in [0.3, 0.4) is 0 Å². The Morgan fingerprint density at radius 3 is 2.62 bits per heavy atom. The summed E-state index contributed by atoms with van der Waals surface area (Å²) in [5.74, 6) is 0.786. The van der Waals surface area contributed by atoms with Crippen LogP contribution < -0.4 is 5.32 Å². The summed E-state index contributed by atoms with van der Waals surface area (Å²) in [6.45, 7) is 2.43. The van der Waals surface area contributed by atoms with Crippen LogP contribution in [-0.4, -0.2) is 13.1 Å². The molecule has 13 heavy (non-hydrogen) atoms. The lowest BCUT2D eigenvalue weighted by molar-refractivity contribution is 0.502. The second-order valence-electron chi connectivity index (χ2n) is 4.46. The molecule has 1 saturated carbocycles. The predicted molar refractivity (Wildman–Crippen MR) is 53.7 cm³/mol. The number of rotatable bonds is 1. The van der Waals surface area contributed by atoms with E-state index >= 15 is 0 Å². The van der Waals surface area contributed by atoms with Crippen molar-refractivity contribution in [3.8, 4) is 0 Å². The van der Waals surface area contributed by atoms with Crippen LogP contribution in [0.15, 0.2) is 30.3 Å². The summed E-state index contributed by atoms with van der Waals surface area (Å²) in [7, 11) is 0. The van der Waals surface area contributed by atoms with E-state index in [1.54, 1.807) is 0 Å². The van der Waals surface area contributed by atoms with E-state index in [-0.39, 0.29) is 0 Å². The van der Waals surface area contributed by atoms with Gasteiger partial charge in [0.05, 0.1) is 0 Å². The van der Waals surface area contributed by atoms with Crippen LogP contribution >= 0.6 is 0 Å². The van der Waals surface area contributed by atoms with Gasteiger partial charge in [0.1, 0.15) is 0 Å². The SMILES string of the molecule is c1ccc([C@H]2CNCC23CC3)cc1. The Morgan fingerprint density at radius 1 is 1.15 bits per heavy atom. The highest BCUT2D eigenvalue weighted by atomic mass is 15.0. The smallest absolute Gasteiger partial charge is 0.00320 e. The van der Waals surface area contributed by atoms with Crippen LogP contribution in [0, 0.1) is 5.41 Å². The lowest BCUT2D eigenvalue weighted by atomic mass is 9.86. The Labute approximate surface area is 79.2 Å². The van der Waals surface area contributed by atoms with Gasteiger partial charge in [0, 0.05) is 19.0 Å². The second kappa shape index (κ2) is 2.58. The van der Waals surface area contributed by atoms with Crippen LogP contribution in [0.2, 0.25) is 0 Å². The van der Waals surface area contributed by atoms with E-state index in [0.717, 1.165) is 5.92 Å². The largest absolute Gasteiger partial charge is 0.316 e. The van der Waals surface area contributed by atoms with Crippen molar-refractivity contribution in [2.45, 2.75) is 18.8 Å². The molecule has 0 amide bonds. The monoisotopic (exact) mass is 173 g/mol. The first kappa shape index (κ1) is 7.57. The van der Waals surface area contributed by atoms with Crippen LogP contribution in [-0.2, 0) is 0 Å². The fraction of sp³-hybridized carbons (Fsp3) is 0.500. The van der Waals surface area contributed by atoms with Gasteiger partial charge >= 0.3 is 0 Å². The van der Waals surface area contributed by atoms with Gasteiger partial charge in [0.2, 0.25) is 0 Å². The Hall–Kier alpha value is -0.820. The van der Waals surface area contributed by atoms with Crippen molar-refractivity contribution in [2.24, 2.45) is 5.41 Å². The van der Waals surface area contributed by atoms with Crippen LogP contribution in [0.25, 0.3) is 0 Å². The van der Waals surface area contributed by atoms with Gasteiger partial charge in [-0.25, -0.2) is 0 Å². The molecule has 1 spiro atoms. The molecule has 1 heterocycles. The van der Waals surface area contributed by atoms with E-state index in [1.165, 1.54) is 31.5 Å². The summed E-state index contributed by atoms with van der Waals surface area (Å²) >= 11 is 0. The standard InChI is InChI=1S/C12H15N/c1-2-4-10(5-3-1)11-8-13-9-12(11)6-7-12/h1-5,11,13H,6-9H2/t11-/m1/s1. The van der Waals surface area contributed by atoms with E-state index in [4.69, 9.17) is 0 Å². The highest BCUT2D eigenvalue weighted by Crippen LogP contribution is 2.57. The minimum Gasteiger partial charge on any atom is -0.316 e. The molecule has 0 bridgehead atoms. The third-order valence-corrected chi connectivity index (χ3v) is 3.66. The molecule has 1 aromatic carbocycles. The molecule has 1 aromatic rings. The zero-order chi connectivity index (χ0) is 8.73. The highest BCUT2D eigenvalue weighted by molar-refractivity contribution is 5.27. The third kappa shape index (κ3) is 1.11. The topological polar surface area (TPSA) is 12.0 Å². The normalized spacial score (nSPS) is 29.4. The third-order valence-electron chi connectivity index (χ3n) is 3.66. The number of hydrogen-bond acceptors (Lipinski definition) is 1. The molecule has 0 aromatic heterocycles. The van der Waals surface area contributed by atoms with Crippen molar-refractivity contribution in [1.29, 1.82) is 0 Å². The maximum Gasteiger partial charge on any atom is 0.00320 e. The van der Waals surface area contributed by atoms with Gasteiger partial charge in [-0.3, -0.25) is 0 Å². The van der Waals surface area contributed by atoms with Crippen molar-refractivity contribution in [3.63, 3.8) is 0 Å². The number of nitrogens with one attached hydrogen (secondary N) is 1. The Kier molecular flexibility index (Phi) is 1.50. The quantitative estimate of drug-likeness (QED) is 0.686. The predicted octanol–water partition coefficient (Wildman–Crippen LogP) is 2.15. The van der Waals surface area contributed by atoms with Gasteiger partial charge in [0.15, 0.2) is 0 Å². The van der Waals surface area contributed by atoms with Crippen molar-refractivity contribution in [3.05, 3.63) is 35.9 Å². The van der Waals surface area contributed by atoms with Gasteiger partial charge in [-0.1, -0.05) is 30.3 Å². The van der Waals surface area contributed by atoms with Crippen molar-refractivity contribution in [2.75, 3.05) is 13.1 Å². The molecule has 3 rings (SSSR count). The highest BCUT2D eigenvalue weighted by Gasteiger charge is 2.52. The van der Waals surface area contributed by atoms with Crippen LogP contribution in [0.5, 0.6) is 0 Å². The molecule has 2 fully saturated rings. The van der Waals surface area contributed by atoms with Crippen molar-refractivity contribution >= 4 is 0 Å². The summed E-state index contributed by atoms with van der Waals surface area (Å²) in [5, 5.41) is 3.52. The van der Waals surface area contributed by atoms with Crippen LogP contribution in [0.1, 0.15) is 24.3 Å². The summed E-state index contributed by atoms with van der Waals surface area (Å²) in [4.78, 5) is 0. The first-order valence-corrected chi connectivity index (χ1v) is 5.16.